The average molecular weight is 331 g/mol. The second-order valence-electron chi connectivity index (χ2n) is 6.07. The van der Waals surface area contributed by atoms with Crippen molar-refractivity contribution >= 4 is 0 Å². The van der Waals surface area contributed by atoms with Gasteiger partial charge >= 0.3 is 0 Å². The maximum Gasteiger partial charge on any atom is 0.214 e. The number of aromatic nitrogens is 4. The standard InChI is InChI=1S/C19H17N5O/c1-24-18(7-8-22-24)16-9-19(23-17-4-2-3-15(16)17)25-12-14-6-5-13(10-20)11-21-14/h5-9,11H,2-4,12H2,1H3. The predicted molar refractivity (Wildman–Crippen MR) is 91.7 cm³/mol. The maximum absolute atomic E-state index is 8.83. The summed E-state index contributed by atoms with van der Waals surface area (Å²) in [5.74, 6) is 0.600. The van der Waals surface area contributed by atoms with Crippen LogP contribution in [0.25, 0.3) is 11.3 Å². The molecule has 3 heterocycles. The lowest BCUT2D eigenvalue weighted by Gasteiger charge is -2.12. The molecule has 0 saturated heterocycles. The molecule has 0 atom stereocenters. The van der Waals surface area contributed by atoms with Crippen LogP contribution in [0.1, 0.15) is 28.9 Å². The lowest BCUT2D eigenvalue weighted by Crippen LogP contribution is -2.03. The van der Waals surface area contributed by atoms with E-state index in [2.05, 4.69) is 21.1 Å². The monoisotopic (exact) mass is 331 g/mol. The Morgan fingerprint density at radius 1 is 1.28 bits per heavy atom. The van der Waals surface area contributed by atoms with Gasteiger partial charge in [0, 0.05) is 36.8 Å². The van der Waals surface area contributed by atoms with Gasteiger partial charge in [-0.25, -0.2) is 4.98 Å². The molecule has 0 spiro atoms. The minimum absolute atomic E-state index is 0.322. The first-order valence-corrected chi connectivity index (χ1v) is 8.23. The van der Waals surface area contributed by atoms with Gasteiger partial charge in [0.2, 0.25) is 5.88 Å². The van der Waals surface area contributed by atoms with Gasteiger partial charge in [-0.05, 0) is 43.0 Å². The van der Waals surface area contributed by atoms with Crippen molar-refractivity contribution in [1.82, 2.24) is 19.7 Å². The van der Waals surface area contributed by atoms with Crippen molar-refractivity contribution in [2.45, 2.75) is 25.9 Å². The summed E-state index contributed by atoms with van der Waals surface area (Å²) >= 11 is 0. The van der Waals surface area contributed by atoms with E-state index in [1.165, 1.54) is 5.56 Å². The third-order valence-electron chi connectivity index (χ3n) is 4.45. The van der Waals surface area contributed by atoms with Crippen LogP contribution < -0.4 is 4.74 Å². The van der Waals surface area contributed by atoms with Crippen LogP contribution in [0.5, 0.6) is 5.88 Å². The highest BCUT2D eigenvalue weighted by Gasteiger charge is 2.21. The fourth-order valence-corrected chi connectivity index (χ4v) is 3.18. The highest BCUT2D eigenvalue weighted by Crippen LogP contribution is 2.34. The molecule has 0 bridgehead atoms. The average Bonchev–Trinajstić information content (AvgIpc) is 3.28. The molecule has 1 aliphatic carbocycles. The Kier molecular flexibility index (Phi) is 3.90. The highest BCUT2D eigenvalue weighted by molar-refractivity contribution is 5.67. The van der Waals surface area contributed by atoms with Gasteiger partial charge < -0.3 is 4.74 Å². The van der Waals surface area contributed by atoms with Crippen LogP contribution in [0.2, 0.25) is 0 Å². The Labute approximate surface area is 145 Å². The normalized spacial score (nSPS) is 12.6. The summed E-state index contributed by atoms with van der Waals surface area (Å²) in [6.45, 7) is 0.322. The van der Waals surface area contributed by atoms with Crippen LogP contribution in [-0.2, 0) is 26.5 Å². The number of aryl methyl sites for hydroxylation is 2. The molecule has 3 aromatic rings. The summed E-state index contributed by atoms with van der Waals surface area (Å²) < 4.78 is 7.76. The number of rotatable bonds is 4. The number of hydrogen-bond acceptors (Lipinski definition) is 5. The number of hydrogen-bond donors (Lipinski definition) is 0. The number of nitrogens with zero attached hydrogens (tertiary/aromatic N) is 5. The topological polar surface area (TPSA) is 76.6 Å². The molecule has 0 N–H and O–H groups in total. The van der Waals surface area contributed by atoms with Crippen molar-refractivity contribution in [1.29, 1.82) is 5.26 Å². The molecule has 25 heavy (non-hydrogen) atoms. The molecule has 3 aromatic heterocycles. The maximum atomic E-state index is 8.83. The number of fused-ring (bicyclic) bond motifs is 1. The molecule has 6 nitrogen and oxygen atoms in total. The second kappa shape index (κ2) is 6.36. The Bertz CT molecular complexity index is 953. The molecule has 0 fully saturated rings. The third kappa shape index (κ3) is 2.96. The number of ether oxygens (including phenoxy) is 1. The summed E-state index contributed by atoms with van der Waals surface area (Å²) in [6.07, 6.45) is 6.49. The minimum Gasteiger partial charge on any atom is -0.471 e. The highest BCUT2D eigenvalue weighted by atomic mass is 16.5. The van der Waals surface area contributed by atoms with Crippen LogP contribution in [0.4, 0.5) is 0 Å². The van der Waals surface area contributed by atoms with E-state index < -0.39 is 0 Å². The van der Waals surface area contributed by atoms with E-state index in [4.69, 9.17) is 10.00 Å². The first-order chi connectivity index (χ1) is 12.2. The largest absolute Gasteiger partial charge is 0.471 e. The lowest BCUT2D eigenvalue weighted by molar-refractivity contribution is 0.288. The Balaban J connectivity index is 1.62. The molecule has 0 radical (unpaired) electrons. The van der Waals surface area contributed by atoms with Gasteiger partial charge in [0.05, 0.1) is 17.0 Å². The molecular formula is C19H17N5O. The molecule has 6 heteroatoms. The van der Waals surface area contributed by atoms with E-state index in [0.717, 1.165) is 41.9 Å². The summed E-state index contributed by atoms with van der Waals surface area (Å²) in [5, 5.41) is 13.1. The van der Waals surface area contributed by atoms with Gasteiger partial charge in [-0.3, -0.25) is 9.67 Å². The predicted octanol–water partition coefficient (Wildman–Crippen LogP) is 2.82. The van der Waals surface area contributed by atoms with Crippen LogP contribution in [0.3, 0.4) is 0 Å². The van der Waals surface area contributed by atoms with Gasteiger partial charge in [-0.15, -0.1) is 0 Å². The fraction of sp³-hybridized carbons (Fsp3) is 0.263. The molecule has 124 valence electrons. The summed E-state index contributed by atoms with van der Waals surface area (Å²) in [6, 6.07) is 9.60. The zero-order valence-electron chi connectivity index (χ0n) is 13.9. The van der Waals surface area contributed by atoms with Crippen molar-refractivity contribution in [3.63, 3.8) is 0 Å². The molecule has 0 unspecified atom stereocenters. The zero-order valence-corrected chi connectivity index (χ0v) is 13.9. The van der Waals surface area contributed by atoms with Gasteiger partial charge in [-0.2, -0.15) is 10.4 Å². The second-order valence-corrected chi connectivity index (χ2v) is 6.07. The quantitative estimate of drug-likeness (QED) is 0.735. The van der Waals surface area contributed by atoms with Crippen LogP contribution in [0, 0.1) is 11.3 Å². The SMILES string of the molecule is Cn1nccc1-c1cc(OCc2ccc(C#N)cn2)nc2c1CCC2. The molecule has 0 aromatic carbocycles. The third-order valence-corrected chi connectivity index (χ3v) is 4.45. The number of nitriles is 1. The smallest absolute Gasteiger partial charge is 0.214 e. The molecule has 1 aliphatic rings. The van der Waals surface area contributed by atoms with Gasteiger partial charge in [-0.1, -0.05) is 0 Å². The van der Waals surface area contributed by atoms with Crippen molar-refractivity contribution in [3.05, 3.63) is 59.2 Å². The summed E-state index contributed by atoms with van der Waals surface area (Å²) in [4.78, 5) is 8.90. The number of pyridine rings is 2. The first-order valence-electron chi connectivity index (χ1n) is 8.23. The molecule has 4 rings (SSSR count). The van der Waals surface area contributed by atoms with E-state index in [0.29, 0.717) is 18.1 Å². The fourth-order valence-electron chi connectivity index (χ4n) is 3.18. The molecular weight excluding hydrogens is 314 g/mol. The van der Waals surface area contributed by atoms with Crippen molar-refractivity contribution < 1.29 is 4.74 Å². The van der Waals surface area contributed by atoms with E-state index >= 15 is 0 Å². The van der Waals surface area contributed by atoms with Crippen molar-refractivity contribution in [3.8, 4) is 23.2 Å². The Morgan fingerprint density at radius 2 is 2.20 bits per heavy atom. The van der Waals surface area contributed by atoms with Gasteiger partial charge in [0.1, 0.15) is 12.7 Å². The van der Waals surface area contributed by atoms with Crippen molar-refractivity contribution in [2.24, 2.45) is 7.05 Å². The van der Waals surface area contributed by atoms with Gasteiger partial charge in [0.15, 0.2) is 0 Å². The minimum atomic E-state index is 0.322. The van der Waals surface area contributed by atoms with E-state index in [-0.39, 0.29) is 0 Å². The van der Waals surface area contributed by atoms with Crippen LogP contribution >= 0.6 is 0 Å². The molecule has 0 amide bonds. The van der Waals surface area contributed by atoms with E-state index in [9.17, 15) is 0 Å². The Morgan fingerprint density at radius 3 is 2.92 bits per heavy atom. The zero-order chi connectivity index (χ0) is 17.2. The summed E-state index contributed by atoms with van der Waals surface area (Å²) in [7, 11) is 1.94. The van der Waals surface area contributed by atoms with Crippen LogP contribution in [0.15, 0.2) is 36.7 Å². The van der Waals surface area contributed by atoms with Gasteiger partial charge in [0.25, 0.3) is 0 Å². The van der Waals surface area contributed by atoms with E-state index in [1.54, 1.807) is 24.5 Å². The van der Waals surface area contributed by atoms with E-state index in [1.807, 2.05) is 23.9 Å². The van der Waals surface area contributed by atoms with Crippen molar-refractivity contribution in [2.75, 3.05) is 0 Å². The Hall–Kier alpha value is -3.20. The lowest BCUT2D eigenvalue weighted by atomic mass is 10.0. The summed E-state index contributed by atoms with van der Waals surface area (Å²) in [5.41, 5.74) is 5.93. The molecule has 0 saturated carbocycles. The first kappa shape index (κ1) is 15.3. The van der Waals surface area contributed by atoms with Crippen LogP contribution in [-0.4, -0.2) is 19.7 Å². The molecule has 0 aliphatic heterocycles.